The largest absolute Gasteiger partial charge is 0.387 e. The van der Waals surface area contributed by atoms with E-state index in [0.29, 0.717) is 40.9 Å². The number of nitrogens with zero attached hydrogens (tertiary/aromatic N) is 5. The second-order valence-electron chi connectivity index (χ2n) is 11.1. The average molecular weight is 551 g/mol. The Balaban J connectivity index is 1.59. The van der Waals surface area contributed by atoms with Crippen molar-refractivity contribution in [3.05, 3.63) is 41.9 Å². The van der Waals surface area contributed by atoms with Gasteiger partial charge in [-0.3, -0.25) is 9.59 Å². The lowest BCUT2D eigenvalue weighted by Crippen LogP contribution is -2.42. The molecule has 0 saturated heterocycles. The monoisotopic (exact) mass is 550 g/mol. The van der Waals surface area contributed by atoms with Crippen LogP contribution in [0.25, 0.3) is 16.9 Å². The molecular weight excluding hydrogens is 515 g/mol. The Morgan fingerprint density at radius 3 is 2.55 bits per heavy atom. The predicted molar refractivity (Wildman–Crippen MR) is 148 cm³/mol. The second-order valence-corrected chi connectivity index (χ2v) is 11.1. The van der Waals surface area contributed by atoms with Crippen molar-refractivity contribution < 1.29 is 19.1 Å². The highest BCUT2D eigenvalue weighted by atomic mass is 19.1. The van der Waals surface area contributed by atoms with E-state index in [0.717, 1.165) is 12.8 Å². The SMILES string of the molecule is CC(C)NC(=O)[C@H]1CC[C@H](Nc2cc(-n3ncc4cc(C#N)cnc43)ncc2C(=O)NC[C@@H](F)C(C)(C)O)CC1. The fourth-order valence-electron chi connectivity index (χ4n) is 4.66. The van der Waals surface area contributed by atoms with Crippen LogP contribution in [0.4, 0.5) is 10.1 Å². The molecule has 1 atom stereocenters. The molecule has 1 saturated carbocycles. The summed E-state index contributed by atoms with van der Waals surface area (Å²) in [5, 5.41) is 33.1. The first-order valence-corrected chi connectivity index (χ1v) is 13.4. The molecule has 0 aliphatic heterocycles. The number of nitriles is 1. The van der Waals surface area contributed by atoms with Crippen LogP contribution in [0.3, 0.4) is 0 Å². The summed E-state index contributed by atoms with van der Waals surface area (Å²) in [5.74, 6) is -0.138. The van der Waals surface area contributed by atoms with Crippen molar-refractivity contribution in [3.8, 4) is 11.9 Å². The number of carbonyl (C=O) groups is 2. The minimum Gasteiger partial charge on any atom is -0.387 e. The summed E-state index contributed by atoms with van der Waals surface area (Å²) in [5.41, 5.74) is -0.00608. The minimum absolute atomic E-state index is 0.000811. The molecule has 0 unspecified atom stereocenters. The number of carbonyl (C=O) groups excluding carboxylic acids is 2. The van der Waals surface area contributed by atoms with Crippen LogP contribution in [0.5, 0.6) is 0 Å². The van der Waals surface area contributed by atoms with Crippen molar-refractivity contribution in [3.63, 3.8) is 0 Å². The summed E-state index contributed by atoms with van der Waals surface area (Å²) in [6, 6.07) is 5.50. The maximum atomic E-state index is 14.3. The van der Waals surface area contributed by atoms with E-state index < -0.39 is 17.7 Å². The molecule has 11 nitrogen and oxygen atoms in total. The number of pyridine rings is 2. The van der Waals surface area contributed by atoms with Crippen LogP contribution in [0.1, 0.15) is 69.3 Å². The van der Waals surface area contributed by atoms with Gasteiger partial charge in [0.1, 0.15) is 12.2 Å². The molecule has 4 rings (SSSR count). The van der Waals surface area contributed by atoms with Gasteiger partial charge in [0, 0.05) is 41.8 Å². The van der Waals surface area contributed by atoms with E-state index in [1.807, 2.05) is 13.8 Å². The third-order valence-electron chi connectivity index (χ3n) is 6.99. The van der Waals surface area contributed by atoms with E-state index in [-0.39, 0.29) is 36.0 Å². The van der Waals surface area contributed by atoms with Crippen molar-refractivity contribution in [1.29, 1.82) is 5.26 Å². The summed E-state index contributed by atoms with van der Waals surface area (Å²) in [7, 11) is 0. The number of anilines is 1. The van der Waals surface area contributed by atoms with E-state index in [2.05, 4.69) is 37.1 Å². The molecule has 3 aromatic rings. The number of hydrogen-bond acceptors (Lipinski definition) is 8. The summed E-state index contributed by atoms with van der Waals surface area (Å²) in [6.07, 6.45) is 5.63. The first-order valence-electron chi connectivity index (χ1n) is 13.4. The summed E-state index contributed by atoms with van der Waals surface area (Å²) < 4.78 is 15.8. The lowest BCUT2D eigenvalue weighted by atomic mass is 9.85. The molecule has 12 heteroatoms. The highest BCUT2D eigenvalue weighted by molar-refractivity contribution is 5.99. The van der Waals surface area contributed by atoms with Gasteiger partial charge < -0.3 is 21.1 Å². The number of halogens is 1. The van der Waals surface area contributed by atoms with Gasteiger partial charge in [-0.1, -0.05) is 0 Å². The maximum Gasteiger partial charge on any atom is 0.255 e. The molecular formula is C28H35FN8O3. The molecule has 0 bridgehead atoms. The van der Waals surface area contributed by atoms with Crippen LogP contribution in [0, 0.1) is 17.2 Å². The molecule has 4 N–H and O–H groups in total. The van der Waals surface area contributed by atoms with Gasteiger partial charge in [-0.15, -0.1) is 0 Å². The lowest BCUT2D eigenvalue weighted by molar-refractivity contribution is -0.126. The third-order valence-corrected chi connectivity index (χ3v) is 6.99. The normalized spacial score (nSPS) is 18.2. The van der Waals surface area contributed by atoms with Crippen LogP contribution < -0.4 is 16.0 Å². The topological polar surface area (TPSA) is 158 Å². The zero-order valence-corrected chi connectivity index (χ0v) is 23.1. The van der Waals surface area contributed by atoms with Gasteiger partial charge in [0.05, 0.1) is 35.2 Å². The molecule has 1 aliphatic rings. The Hall–Kier alpha value is -4.11. The van der Waals surface area contributed by atoms with Gasteiger partial charge in [0.2, 0.25) is 5.91 Å². The first-order chi connectivity index (χ1) is 19.0. The predicted octanol–water partition coefficient (Wildman–Crippen LogP) is 3.02. The molecule has 1 aliphatic carbocycles. The fraction of sp³-hybridized carbons (Fsp3) is 0.500. The third kappa shape index (κ3) is 6.71. The summed E-state index contributed by atoms with van der Waals surface area (Å²) >= 11 is 0. The van der Waals surface area contributed by atoms with E-state index in [9.17, 15) is 19.1 Å². The Bertz CT molecular complexity index is 1420. The standard InChI is InChI=1S/C28H35FN8O3/c1-16(2)35-26(38)18-5-7-20(8-6-18)36-22-10-24(37-25-19(13-34-37)9-17(11-30)12-32-25)31-14-21(22)27(39)33-15-23(29)28(3,4)40/h9-10,12-14,16,18,20,23,40H,5-8,15H2,1-4H3,(H,31,36)(H,33,39)(H,35,38)/t18-,20-,23-/m1/s1. The average Bonchev–Trinajstić information content (AvgIpc) is 3.34. The number of hydrogen-bond donors (Lipinski definition) is 4. The lowest BCUT2D eigenvalue weighted by Gasteiger charge is -2.30. The molecule has 0 aromatic carbocycles. The molecule has 212 valence electrons. The Labute approximate surface area is 232 Å². The van der Waals surface area contributed by atoms with Crippen molar-refractivity contribution in [1.82, 2.24) is 30.4 Å². The highest BCUT2D eigenvalue weighted by Crippen LogP contribution is 2.29. The second kappa shape index (κ2) is 12.0. The van der Waals surface area contributed by atoms with Crippen molar-refractivity contribution in [2.75, 3.05) is 11.9 Å². The van der Waals surface area contributed by atoms with Crippen molar-refractivity contribution >= 4 is 28.5 Å². The maximum absolute atomic E-state index is 14.3. The number of aliphatic hydroxyl groups is 1. The van der Waals surface area contributed by atoms with Crippen LogP contribution in [0.2, 0.25) is 0 Å². The number of amides is 2. The van der Waals surface area contributed by atoms with Gasteiger partial charge in [0.15, 0.2) is 11.5 Å². The highest BCUT2D eigenvalue weighted by Gasteiger charge is 2.29. The van der Waals surface area contributed by atoms with Gasteiger partial charge in [0.25, 0.3) is 5.91 Å². The zero-order valence-electron chi connectivity index (χ0n) is 23.1. The fourth-order valence-corrected chi connectivity index (χ4v) is 4.66. The molecule has 0 radical (unpaired) electrons. The van der Waals surface area contributed by atoms with Crippen LogP contribution in [-0.2, 0) is 4.79 Å². The van der Waals surface area contributed by atoms with Gasteiger partial charge in [-0.05, 0) is 59.4 Å². The Kier molecular flexibility index (Phi) is 8.64. The van der Waals surface area contributed by atoms with Crippen LogP contribution in [0.15, 0.2) is 30.7 Å². The number of fused-ring (bicyclic) bond motifs is 1. The van der Waals surface area contributed by atoms with E-state index in [1.165, 1.54) is 30.9 Å². The Morgan fingerprint density at radius 2 is 1.90 bits per heavy atom. The zero-order chi connectivity index (χ0) is 29.0. The van der Waals surface area contributed by atoms with E-state index in [1.54, 1.807) is 18.3 Å². The summed E-state index contributed by atoms with van der Waals surface area (Å²) in [6.45, 7) is 6.19. The molecule has 3 heterocycles. The first kappa shape index (κ1) is 28.9. The Morgan fingerprint density at radius 1 is 1.18 bits per heavy atom. The van der Waals surface area contributed by atoms with Gasteiger partial charge in [-0.25, -0.2) is 14.4 Å². The van der Waals surface area contributed by atoms with Gasteiger partial charge in [-0.2, -0.15) is 15.0 Å². The molecule has 0 spiro atoms. The number of aromatic nitrogens is 4. The van der Waals surface area contributed by atoms with E-state index in [4.69, 9.17) is 5.26 Å². The van der Waals surface area contributed by atoms with E-state index >= 15 is 0 Å². The number of nitrogens with one attached hydrogen (secondary N) is 3. The smallest absolute Gasteiger partial charge is 0.255 e. The molecule has 3 aromatic heterocycles. The summed E-state index contributed by atoms with van der Waals surface area (Å²) in [4.78, 5) is 34.3. The van der Waals surface area contributed by atoms with Crippen molar-refractivity contribution in [2.45, 2.75) is 77.2 Å². The minimum atomic E-state index is -1.66. The van der Waals surface area contributed by atoms with Crippen LogP contribution >= 0.6 is 0 Å². The number of rotatable bonds is 9. The molecule has 1 fully saturated rings. The van der Waals surface area contributed by atoms with Crippen LogP contribution in [-0.4, -0.2) is 67.1 Å². The quantitative estimate of drug-likeness (QED) is 0.317. The van der Waals surface area contributed by atoms with Crippen molar-refractivity contribution in [2.24, 2.45) is 5.92 Å². The molecule has 40 heavy (non-hydrogen) atoms. The van der Waals surface area contributed by atoms with Gasteiger partial charge >= 0.3 is 0 Å². The number of alkyl halides is 1. The molecule has 2 amide bonds.